The third-order valence-corrected chi connectivity index (χ3v) is 5.30. The molecule has 0 aromatic rings. The summed E-state index contributed by atoms with van der Waals surface area (Å²) >= 11 is 0. The van der Waals surface area contributed by atoms with Gasteiger partial charge in [-0.15, -0.1) is 0 Å². The Balaban J connectivity index is 2.68. The van der Waals surface area contributed by atoms with Crippen LogP contribution in [0.1, 0.15) is 59.8 Å². The Hall–Kier alpha value is -1.07. The second-order valence-electron chi connectivity index (χ2n) is 10.2. The molecule has 5 heteroatoms. The van der Waals surface area contributed by atoms with Gasteiger partial charge in [0.15, 0.2) is 0 Å². The summed E-state index contributed by atoms with van der Waals surface area (Å²) in [6.45, 7) is 14.4. The third kappa shape index (κ3) is 7.82. The van der Waals surface area contributed by atoms with E-state index in [2.05, 4.69) is 65.6 Å². The van der Waals surface area contributed by atoms with Crippen LogP contribution in [0, 0.1) is 5.41 Å². The van der Waals surface area contributed by atoms with Gasteiger partial charge in [-0.05, 0) is 18.9 Å². The van der Waals surface area contributed by atoms with E-state index in [1.165, 1.54) is 0 Å². The topological polar surface area (TPSA) is 41.6 Å². The summed E-state index contributed by atoms with van der Waals surface area (Å²) in [4.78, 5) is 15.3. The standard InChI is InChI=1S/C22H44N3O2/c1-10-12-18-15-19(27-17(2)13-11-14-25(7,8)9)16-24(18)21(26)20(23-6)22(3,4)5/h18-20,23H,2,10-16H2,1,3-9H3/q+1. The highest BCUT2D eigenvalue weighted by Crippen LogP contribution is 2.29. The van der Waals surface area contributed by atoms with Crippen molar-refractivity contribution in [2.75, 3.05) is 41.3 Å². The molecule has 158 valence electrons. The van der Waals surface area contributed by atoms with Crippen LogP contribution < -0.4 is 5.32 Å². The summed E-state index contributed by atoms with van der Waals surface area (Å²) in [6.07, 6.45) is 5.04. The van der Waals surface area contributed by atoms with Gasteiger partial charge in [0.2, 0.25) is 5.91 Å². The Morgan fingerprint density at radius 1 is 1.33 bits per heavy atom. The van der Waals surface area contributed by atoms with Gasteiger partial charge < -0.3 is 19.4 Å². The Morgan fingerprint density at radius 2 is 1.96 bits per heavy atom. The summed E-state index contributed by atoms with van der Waals surface area (Å²) in [5.41, 5.74) is -0.115. The number of likely N-dealkylation sites (tertiary alicyclic amines) is 1. The lowest BCUT2D eigenvalue weighted by molar-refractivity contribution is -0.870. The number of ether oxygens (including phenoxy) is 1. The Morgan fingerprint density at radius 3 is 2.44 bits per heavy atom. The van der Waals surface area contributed by atoms with Crippen LogP contribution in [0.15, 0.2) is 12.3 Å². The van der Waals surface area contributed by atoms with Crippen molar-refractivity contribution >= 4 is 5.91 Å². The minimum atomic E-state index is -0.177. The first-order chi connectivity index (χ1) is 12.4. The zero-order valence-corrected chi connectivity index (χ0v) is 19.1. The van der Waals surface area contributed by atoms with Crippen molar-refractivity contribution in [2.45, 2.75) is 78.0 Å². The monoisotopic (exact) mass is 382 g/mol. The Kier molecular flexibility index (Phi) is 8.81. The summed E-state index contributed by atoms with van der Waals surface area (Å²) < 4.78 is 7.12. The van der Waals surface area contributed by atoms with Crippen LogP contribution in [-0.2, 0) is 9.53 Å². The first kappa shape index (κ1) is 24.0. The van der Waals surface area contributed by atoms with Crippen LogP contribution in [0.2, 0.25) is 0 Å². The van der Waals surface area contributed by atoms with Crippen LogP contribution in [0.25, 0.3) is 0 Å². The van der Waals surface area contributed by atoms with E-state index < -0.39 is 0 Å². The molecule has 0 spiro atoms. The summed E-state index contributed by atoms with van der Waals surface area (Å²) in [7, 11) is 8.48. The van der Waals surface area contributed by atoms with E-state index in [4.69, 9.17) is 4.74 Å². The molecule has 3 atom stereocenters. The maximum absolute atomic E-state index is 13.2. The van der Waals surface area contributed by atoms with Gasteiger partial charge in [-0.1, -0.05) is 40.7 Å². The van der Waals surface area contributed by atoms with E-state index in [1.54, 1.807) is 0 Å². The number of amides is 1. The van der Waals surface area contributed by atoms with Crippen LogP contribution in [0.5, 0.6) is 0 Å². The maximum Gasteiger partial charge on any atom is 0.240 e. The predicted octanol–water partition coefficient (Wildman–Crippen LogP) is 3.41. The highest BCUT2D eigenvalue weighted by atomic mass is 16.5. The predicted molar refractivity (Wildman–Crippen MR) is 113 cm³/mol. The molecule has 1 aliphatic rings. The SMILES string of the molecule is C=C(CCC[N+](C)(C)C)OC1CC(CCC)N(C(=O)C(NC)C(C)(C)C)C1. The third-order valence-electron chi connectivity index (χ3n) is 5.30. The van der Waals surface area contributed by atoms with E-state index in [-0.39, 0.29) is 29.5 Å². The minimum absolute atomic E-state index is 0.0691. The highest BCUT2D eigenvalue weighted by molar-refractivity contribution is 5.83. The van der Waals surface area contributed by atoms with E-state index in [9.17, 15) is 4.79 Å². The van der Waals surface area contributed by atoms with Crippen molar-refractivity contribution in [3.8, 4) is 0 Å². The number of nitrogens with one attached hydrogen (secondary N) is 1. The number of likely N-dealkylation sites (N-methyl/N-ethyl adjacent to an activating group) is 1. The van der Waals surface area contributed by atoms with Crippen molar-refractivity contribution in [2.24, 2.45) is 5.41 Å². The van der Waals surface area contributed by atoms with E-state index in [1.807, 2.05) is 7.05 Å². The first-order valence-electron chi connectivity index (χ1n) is 10.5. The Labute approximate surface area is 167 Å². The molecule has 1 amide bonds. The van der Waals surface area contributed by atoms with Gasteiger partial charge in [-0.25, -0.2) is 0 Å². The fourth-order valence-corrected chi connectivity index (χ4v) is 3.97. The highest BCUT2D eigenvalue weighted by Gasteiger charge is 2.41. The maximum atomic E-state index is 13.2. The van der Waals surface area contributed by atoms with Crippen LogP contribution in [-0.4, -0.2) is 74.8 Å². The normalized spacial score (nSPS) is 22.0. The van der Waals surface area contributed by atoms with E-state index >= 15 is 0 Å². The van der Waals surface area contributed by atoms with Gasteiger partial charge in [0, 0.05) is 25.3 Å². The van der Waals surface area contributed by atoms with Crippen LogP contribution in [0.4, 0.5) is 0 Å². The average Bonchev–Trinajstić information content (AvgIpc) is 2.87. The summed E-state index contributed by atoms with van der Waals surface area (Å²) in [5, 5.41) is 3.23. The lowest BCUT2D eigenvalue weighted by atomic mass is 9.85. The number of hydrogen-bond acceptors (Lipinski definition) is 3. The quantitative estimate of drug-likeness (QED) is 0.465. The number of hydrogen-bond donors (Lipinski definition) is 1. The molecule has 0 aliphatic carbocycles. The van der Waals surface area contributed by atoms with Crippen LogP contribution >= 0.6 is 0 Å². The van der Waals surface area contributed by atoms with Gasteiger partial charge in [-0.3, -0.25) is 4.79 Å². The second kappa shape index (κ2) is 9.92. The number of carbonyl (C=O) groups excluding carboxylic acids is 1. The molecule has 1 saturated heterocycles. The lowest BCUT2D eigenvalue weighted by Crippen LogP contribution is -2.53. The van der Waals surface area contributed by atoms with E-state index in [0.717, 1.165) is 48.9 Å². The second-order valence-corrected chi connectivity index (χ2v) is 10.2. The van der Waals surface area contributed by atoms with E-state index in [0.29, 0.717) is 6.54 Å². The van der Waals surface area contributed by atoms with Crippen molar-refractivity contribution in [1.82, 2.24) is 10.2 Å². The number of rotatable bonds is 10. The zero-order valence-electron chi connectivity index (χ0n) is 19.1. The molecule has 0 aromatic heterocycles. The largest absolute Gasteiger partial charge is 0.493 e. The number of quaternary nitrogens is 1. The molecular weight excluding hydrogens is 338 g/mol. The molecule has 1 rings (SSSR count). The molecule has 0 aromatic carbocycles. The average molecular weight is 383 g/mol. The molecule has 0 bridgehead atoms. The van der Waals surface area contributed by atoms with Gasteiger partial charge in [-0.2, -0.15) is 0 Å². The summed E-state index contributed by atoms with van der Waals surface area (Å²) in [6, 6.07) is 0.0908. The minimum Gasteiger partial charge on any atom is -0.493 e. The van der Waals surface area contributed by atoms with Crippen LogP contribution in [0.3, 0.4) is 0 Å². The molecular formula is C22H44N3O2+. The molecule has 0 radical (unpaired) electrons. The molecule has 27 heavy (non-hydrogen) atoms. The first-order valence-corrected chi connectivity index (χ1v) is 10.5. The molecule has 1 heterocycles. The molecule has 0 saturated carbocycles. The summed E-state index contributed by atoms with van der Waals surface area (Å²) in [5.74, 6) is 1.06. The van der Waals surface area contributed by atoms with Gasteiger partial charge in [0.1, 0.15) is 6.10 Å². The smallest absolute Gasteiger partial charge is 0.240 e. The van der Waals surface area contributed by atoms with Gasteiger partial charge in [0.05, 0.1) is 46.0 Å². The van der Waals surface area contributed by atoms with Crippen molar-refractivity contribution in [3.63, 3.8) is 0 Å². The fraction of sp³-hybridized carbons (Fsp3) is 0.864. The Bertz CT molecular complexity index is 491. The molecule has 1 aliphatic heterocycles. The van der Waals surface area contributed by atoms with Crippen molar-refractivity contribution in [1.29, 1.82) is 0 Å². The van der Waals surface area contributed by atoms with Gasteiger partial charge >= 0.3 is 0 Å². The van der Waals surface area contributed by atoms with Crippen molar-refractivity contribution < 1.29 is 14.0 Å². The molecule has 1 fully saturated rings. The number of carbonyl (C=O) groups is 1. The van der Waals surface area contributed by atoms with Gasteiger partial charge in [0.25, 0.3) is 0 Å². The fourth-order valence-electron chi connectivity index (χ4n) is 3.97. The zero-order chi connectivity index (χ0) is 20.8. The molecule has 1 N–H and O–H groups in total. The molecule has 3 unspecified atom stereocenters. The number of nitrogens with zero attached hydrogens (tertiary/aromatic N) is 2. The number of allylic oxidation sites excluding steroid dienone is 1. The lowest BCUT2D eigenvalue weighted by Gasteiger charge is -2.35. The van der Waals surface area contributed by atoms with Crippen molar-refractivity contribution in [3.05, 3.63) is 12.3 Å². The molecule has 5 nitrogen and oxygen atoms in total.